The van der Waals surface area contributed by atoms with Gasteiger partial charge in [-0.3, -0.25) is 0 Å². The Morgan fingerprint density at radius 3 is 2.63 bits per heavy atom. The van der Waals surface area contributed by atoms with Crippen LogP contribution in [0, 0.1) is 0 Å². The number of hydrogen-bond acceptors (Lipinski definition) is 3. The van der Waals surface area contributed by atoms with Crippen LogP contribution < -0.4 is 10.1 Å². The molecule has 1 N–H and O–H groups in total. The molecule has 1 aliphatic rings. The van der Waals surface area contributed by atoms with E-state index in [1.54, 1.807) is 0 Å². The molecule has 0 saturated heterocycles. The molecule has 3 nitrogen and oxygen atoms in total. The summed E-state index contributed by atoms with van der Waals surface area (Å²) in [4.78, 5) is 0. The predicted octanol–water partition coefficient (Wildman–Crippen LogP) is 3.60. The second-order valence-electron chi connectivity index (χ2n) is 4.89. The van der Waals surface area contributed by atoms with Crippen LogP contribution in [0.3, 0.4) is 0 Å². The highest BCUT2D eigenvalue weighted by Gasteiger charge is 2.23. The summed E-state index contributed by atoms with van der Waals surface area (Å²) in [6.07, 6.45) is 2.82. The van der Waals surface area contributed by atoms with Gasteiger partial charge in [0.25, 0.3) is 0 Å². The lowest BCUT2D eigenvalue weighted by atomic mass is 10.2. The number of ether oxygens (including phenoxy) is 1. The van der Waals surface area contributed by atoms with Crippen LogP contribution in [0.2, 0.25) is 0 Å². The van der Waals surface area contributed by atoms with Crippen molar-refractivity contribution >= 4 is 0 Å². The Bertz CT molecular complexity index is 526. The van der Waals surface area contributed by atoms with Gasteiger partial charge in [-0.25, -0.2) is 0 Å². The highest BCUT2D eigenvalue weighted by molar-refractivity contribution is 5.58. The van der Waals surface area contributed by atoms with E-state index >= 15 is 0 Å². The Morgan fingerprint density at radius 2 is 1.95 bits per heavy atom. The highest BCUT2D eigenvalue weighted by atomic mass is 16.5. The van der Waals surface area contributed by atoms with Crippen LogP contribution in [0.5, 0.6) is 5.75 Å². The van der Waals surface area contributed by atoms with Gasteiger partial charge in [0.2, 0.25) is 0 Å². The van der Waals surface area contributed by atoms with Crippen molar-refractivity contribution in [1.82, 2.24) is 5.32 Å². The van der Waals surface area contributed by atoms with Crippen molar-refractivity contribution in [2.24, 2.45) is 0 Å². The number of furan rings is 1. The van der Waals surface area contributed by atoms with E-state index in [1.807, 2.05) is 36.4 Å². The molecule has 0 amide bonds. The third-order valence-corrected chi connectivity index (χ3v) is 3.18. The van der Waals surface area contributed by atoms with Gasteiger partial charge < -0.3 is 14.5 Å². The van der Waals surface area contributed by atoms with Gasteiger partial charge in [-0.15, -0.1) is 0 Å². The summed E-state index contributed by atoms with van der Waals surface area (Å²) in [7, 11) is 0. The van der Waals surface area contributed by atoms with E-state index in [9.17, 15) is 0 Å². The minimum Gasteiger partial charge on any atom is -0.490 e. The fourth-order valence-corrected chi connectivity index (χ4v) is 1.95. The van der Waals surface area contributed by atoms with Crippen molar-refractivity contribution in [3.63, 3.8) is 0 Å². The molecular weight excluding hydrogens is 238 g/mol. The van der Waals surface area contributed by atoms with Crippen molar-refractivity contribution < 1.29 is 9.15 Å². The molecule has 100 valence electrons. The quantitative estimate of drug-likeness (QED) is 0.858. The third kappa shape index (κ3) is 3.18. The third-order valence-electron chi connectivity index (χ3n) is 3.18. The van der Waals surface area contributed by atoms with Crippen LogP contribution in [0.25, 0.3) is 11.3 Å². The summed E-state index contributed by atoms with van der Waals surface area (Å²) in [5.74, 6) is 2.83. The number of nitrogens with one attached hydrogen (secondary N) is 1. The van der Waals surface area contributed by atoms with Crippen molar-refractivity contribution in [2.75, 3.05) is 6.54 Å². The van der Waals surface area contributed by atoms with Crippen molar-refractivity contribution in [2.45, 2.75) is 32.4 Å². The molecule has 19 heavy (non-hydrogen) atoms. The van der Waals surface area contributed by atoms with Crippen LogP contribution >= 0.6 is 0 Å². The molecule has 1 aromatic carbocycles. The lowest BCUT2D eigenvalue weighted by Gasteiger charge is -2.04. The van der Waals surface area contributed by atoms with Gasteiger partial charge in [-0.2, -0.15) is 0 Å². The standard InChI is InChI=1S/C16H19NO2/c1-2-17-11-15-9-10-16(19-15)12-3-5-13(6-4-12)18-14-7-8-14/h3-6,9-10,14,17H,2,7-8,11H2,1H3. The Morgan fingerprint density at radius 1 is 1.16 bits per heavy atom. The maximum atomic E-state index is 5.80. The first-order chi connectivity index (χ1) is 9.35. The van der Waals surface area contributed by atoms with Crippen LogP contribution in [-0.4, -0.2) is 12.6 Å². The molecule has 1 saturated carbocycles. The fraction of sp³-hybridized carbons (Fsp3) is 0.375. The molecule has 0 aliphatic heterocycles. The van der Waals surface area contributed by atoms with Gasteiger partial charge in [-0.05, 0) is 55.8 Å². The van der Waals surface area contributed by atoms with E-state index < -0.39 is 0 Å². The molecular formula is C16H19NO2. The van der Waals surface area contributed by atoms with Crippen molar-refractivity contribution in [3.8, 4) is 17.1 Å². The average Bonchev–Trinajstić information content (AvgIpc) is 3.13. The van der Waals surface area contributed by atoms with Crippen LogP contribution in [0.15, 0.2) is 40.8 Å². The van der Waals surface area contributed by atoms with Gasteiger partial charge in [-0.1, -0.05) is 6.92 Å². The summed E-state index contributed by atoms with van der Waals surface area (Å²) >= 11 is 0. The largest absolute Gasteiger partial charge is 0.490 e. The first-order valence-electron chi connectivity index (χ1n) is 6.91. The topological polar surface area (TPSA) is 34.4 Å². The molecule has 1 fully saturated rings. The minimum absolute atomic E-state index is 0.446. The van der Waals surface area contributed by atoms with Gasteiger partial charge in [0.05, 0.1) is 12.6 Å². The summed E-state index contributed by atoms with van der Waals surface area (Å²) in [5, 5.41) is 3.25. The number of benzene rings is 1. The normalized spacial score (nSPS) is 14.6. The van der Waals surface area contributed by atoms with Gasteiger partial charge in [0, 0.05) is 5.56 Å². The zero-order chi connectivity index (χ0) is 13.1. The van der Waals surface area contributed by atoms with Crippen molar-refractivity contribution in [3.05, 3.63) is 42.2 Å². The Labute approximate surface area is 113 Å². The van der Waals surface area contributed by atoms with Gasteiger partial charge in [0.15, 0.2) is 0 Å². The van der Waals surface area contributed by atoms with Gasteiger partial charge in [0.1, 0.15) is 17.3 Å². The van der Waals surface area contributed by atoms with E-state index in [2.05, 4.69) is 12.2 Å². The molecule has 1 aromatic heterocycles. The zero-order valence-electron chi connectivity index (χ0n) is 11.2. The summed E-state index contributed by atoms with van der Waals surface area (Å²) in [5.41, 5.74) is 1.09. The minimum atomic E-state index is 0.446. The average molecular weight is 257 g/mol. The SMILES string of the molecule is CCNCc1ccc(-c2ccc(OC3CC3)cc2)o1. The molecule has 0 unspecified atom stereocenters. The zero-order valence-corrected chi connectivity index (χ0v) is 11.2. The molecule has 1 aliphatic carbocycles. The van der Waals surface area contributed by atoms with Crippen molar-refractivity contribution in [1.29, 1.82) is 0 Å². The number of hydrogen-bond donors (Lipinski definition) is 1. The van der Waals surface area contributed by atoms with Gasteiger partial charge >= 0.3 is 0 Å². The van der Waals surface area contributed by atoms with Crippen LogP contribution in [-0.2, 0) is 6.54 Å². The van der Waals surface area contributed by atoms with E-state index in [-0.39, 0.29) is 0 Å². The first-order valence-corrected chi connectivity index (χ1v) is 6.91. The van der Waals surface area contributed by atoms with E-state index in [1.165, 1.54) is 12.8 Å². The summed E-state index contributed by atoms with van der Waals surface area (Å²) in [6, 6.07) is 12.2. The summed E-state index contributed by atoms with van der Waals surface area (Å²) < 4.78 is 11.5. The number of rotatable bonds is 6. The molecule has 3 heteroatoms. The molecule has 2 aromatic rings. The van der Waals surface area contributed by atoms with E-state index in [0.29, 0.717) is 6.10 Å². The van der Waals surface area contributed by atoms with Crippen LogP contribution in [0.4, 0.5) is 0 Å². The Hall–Kier alpha value is -1.74. The lowest BCUT2D eigenvalue weighted by molar-refractivity contribution is 0.303. The smallest absolute Gasteiger partial charge is 0.134 e. The molecule has 0 radical (unpaired) electrons. The molecule has 0 bridgehead atoms. The maximum Gasteiger partial charge on any atom is 0.134 e. The summed E-state index contributed by atoms with van der Waals surface area (Å²) in [6.45, 7) is 3.81. The molecule has 0 spiro atoms. The lowest BCUT2D eigenvalue weighted by Crippen LogP contribution is -2.10. The van der Waals surface area contributed by atoms with E-state index in [4.69, 9.17) is 9.15 Å². The fourth-order valence-electron chi connectivity index (χ4n) is 1.95. The second-order valence-corrected chi connectivity index (χ2v) is 4.89. The van der Waals surface area contributed by atoms with Crippen LogP contribution in [0.1, 0.15) is 25.5 Å². The molecule has 0 atom stereocenters. The molecule has 1 heterocycles. The monoisotopic (exact) mass is 257 g/mol. The Balaban J connectivity index is 1.68. The maximum absolute atomic E-state index is 5.80. The Kier molecular flexibility index (Phi) is 3.56. The molecule has 3 rings (SSSR count). The highest BCUT2D eigenvalue weighted by Crippen LogP contribution is 2.29. The predicted molar refractivity (Wildman–Crippen MR) is 75.2 cm³/mol. The first kappa shape index (κ1) is 12.3. The van der Waals surface area contributed by atoms with E-state index in [0.717, 1.165) is 35.9 Å². The second kappa shape index (κ2) is 5.49.